The van der Waals surface area contributed by atoms with Crippen LogP contribution >= 0.6 is 0 Å². The van der Waals surface area contributed by atoms with Crippen molar-refractivity contribution in [3.63, 3.8) is 0 Å². The molecule has 8 heteroatoms. The summed E-state index contributed by atoms with van der Waals surface area (Å²) in [4.78, 5) is 41.2. The number of fused-ring (bicyclic) bond motifs is 1. The SMILES string of the molecule is Cc1oc2nc[nH]c(=O)c2c1C(=O)NC(C)(C)CC(=O)O. The summed E-state index contributed by atoms with van der Waals surface area (Å²) in [7, 11) is 0. The highest BCUT2D eigenvalue weighted by atomic mass is 16.4. The molecule has 0 saturated heterocycles. The maximum absolute atomic E-state index is 12.3. The number of carboxylic acids is 1. The lowest BCUT2D eigenvalue weighted by molar-refractivity contribution is -0.138. The number of aromatic nitrogens is 2. The number of nitrogens with zero attached hydrogens (tertiary/aromatic N) is 1. The van der Waals surface area contributed by atoms with Crippen molar-refractivity contribution < 1.29 is 19.1 Å². The predicted octanol–water partition coefficient (Wildman–Crippen LogP) is 0.808. The molecule has 2 heterocycles. The molecule has 8 nitrogen and oxygen atoms in total. The largest absolute Gasteiger partial charge is 0.481 e. The molecule has 0 aliphatic heterocycles. The number of nitrogens with one attached hydrogen (secondary N) is 2. The molecule has 2 aromatic heterocycles. The highest BCUT2D eigenvalue weighted by Gasteiger charge is 2.28. The zero-order chi connectivity index (χ0) is 15.8. The lowest BCUT2D eigenvalue weighted by Gasteiger charge is -2.24. The van der Waals surface area contributed by atoms with E-state index in [-0.39, 0.29) is 28.8 Å². The standard InChI is InChI=1S/C13H15N3O5/c1-6-8(9-10(19)14-5-15-12(9)21-6)11(20)16-13(2,3)4-7(17)18/h5H,4H2,1-3H3,(H,16,20)(H,17,18)(H,14,15,19). The van der Waals surface area contributed by atoms with Gasteiger partial charge in [-0.1, -0.05) is 0 Å². The molecule has 0 saturated carbocycles. The van der Waals surface area contributed by atoms with E-state index in [9.17, 15) is 14.4 Å². The fraction of sp³-hybridized carbons (Fsp3) is 0.385. The number of hydrogen-bond donors (Lipinski definition) is 3. The van der Waals surface area contributed by atoms with Gasteiger partial charge in [0.2, 0.25) is 5.71 Å². The number of rotatable bonds is 4. The zero-order valence-corrected chi connectivity index (χ0v) is 11.8. The van der Waals surface area contributed by atoms with Crippen molar-refractivity contribution in [2.45, 2.75) is 32.7 Å². The number of furan rings is 1. The van der Waals surface area contributed by atoms with Crippen LogP contribution in [-0.4, -0.2) is 32.5 Å². The fourth-order valence-electron chi connectivity index (χ4n) is 2.12. The summed E-state index contributed by atoms with van der Waals surface area (Å²) in [6, 6.07) is 0. The Hall–Kier alpha value is -2.64. The van der Waals surface area contributed by atoms with Crippen molar-refractivity contribution in [2.75, 3.05) is 0 Å². The average Bonchev–Trinajstić information content (AvgIpc) is 2.64. The first-order valence-electron chi connectivity index (χ1n) is 6.22. The van der Waals surface area contributed by atoms with Crippen LogP contribution in [0.2, 0.25) is 0 Å². The van der Waals surface area contributed by atoms with Gasteiger partial charge < -0.3 is 19.8 Å². The minimum Gasteiger partial charge on any atom is -0.481 e. The molecule has 21 heavy (non-hydrogen) atoms. The number of carboxylic acid groups (broad SMARTS) is 1. The Balaban J connectivity index is 2.43. The highest BCUT2D eigenvalue weighted by Crippen LogP contribution is 2.21. The number of aryl methyl sites for hydroxylation is 1. The zero-order valence-electron chi connectivity index (χ0n) is 11.8. The topological polar surface area (TPSA) is 125 Å². The van der Waals surface area contributed by atoms with Crippen LogP contribution < -0.4 is 10.9 Å². The van der Waals surface area contributed by atoms with E-state index in [1.165, 1.54) is 6.33 Å². The van der Waals surface area contributed by atoms with E-state index >= 15 is 0 Å². The van der Waals surface area contributed by atoms with E-state index in [0.29, 0.717) is 0 Å². The number of carbonyl (C=O) groups is 2. The Morgan fingerprint density at radius 2 is 2.14 bits per heavy atom. The number of carbonyl (C=O) groups excluding carboxylic acids is 1. The molecule has 0 aliphatic carbocycles. The van der Waals surface area contributed by atoms with Crippen LogP contribution in [0.25, 0.3) is 11.1 Å². The summed E-state index contributed by atoms with van der Waals surface area (Å²) in [6.07, 6.45) is 0.936. The second-order valence-corrected chi connectivity index (χ2v) is 5.35. The summed E-state index contributed by atoms with van der Waals surface area (Å²) in [5.41, 5.74) is -1.32. The van der Waals surface area contributed by atoms with Crippen LogP contribution in [0.4, 0.5) is 0 Å². The summed E-state index contributed by atoms with van der Waals surface area (Å²) in [6.45, 7) is 4.71. The maximum atomic E-state index is 12.3. The molecule has 112 valence electrons. The third kappa shape index (κ3) is 2.93. The molecule has 0 atom stereocenters. The minimum atomic E-state index is -1.03. The van der Waals surface area contributed by atoms with Gasteiger partial charge in [-0.25, -0.2) is 4.98 Å². The van der Waals surface area contributed by atoms with E-state index in [4.69, 9.17) is 9.52 Å². The van der Waals surface area contributed by atoms with Gasteiger partial charge in [-0.15, -0.1) is 0 Å². The van der Waals surface area contributed by atoms with Crippen LogP contribution in [0.15, 0.2) is 15.5 Å². The van der Waals surface area contributed by atoms with E-state index < -0.39 is 23.0 Å². The Kier molecular flexibility index (Phi) is 3.54. The molecule has 0 aromatic carbocycles. The highest BCUT2D eigenvalue weighted by molar-refractivity contribution is 6.06. The van der Waals surface area contributed by atoms with Crippen LogP contribution in [0.1, 0.15) is 36.4 Å². The van der Waals surface area contributed by atoms with Gasteiger partial charge in [0.25, 0.3) is 11.5 Å². The maximum Gasteiger partial charge on any atom is 0.305 e. The van der Waals surface area contributed by atoms with Crippen molar-refractivity contribution in [1.29, 1.82) is 0 Å². The molecule has 0 spiro atoms. The molecule has 2 rings (SSSR count). The fourth-order valence-corrected chi connectivity index (χ4v) is 2.12. The Morgan fingerprint density at radius 3 is 2.76 bits per heavy atom. The van der Waals surface area contributed by atoms with Crippen molar-refractivity contribution >= 4 is 23.0 Å². The average molecular weight is 293 g/mol. The molecular formula is C13H15N3O5. The first kappa shape index (κ1) is 14.8. The molecule has 1 amide bonds. The first-order chi connectivity index (χ1) is 9.71. The normalized spacial score (nSPS) is 11.6. The Morgan fingerprint density at radius 1 is 1.48 bits per heavy atom. The van der Waals surface area contributed by atoms with E-state index in [1.807, 2.05) is 0 Å². The minimum absolute atomic E-state index is 0.0543. The summed E-state index contributed by atoms with van der Waals surface area (Å²) in [5, 5.41) is 11.5. The van der Waals surface area contributed by atoms with Crippen molar-refractivity contribution in [3.8, 4) is 0 Å². The summed E-state index contributed by atoms with van der Waals surface area (Å²) < 4.78 is 5.29. The molecule has 2 aromatic rings. The van der Waals surface area contributed by atoms with Gasteiger partial charge in [0, 0.05) is 5.54 Å². The van der Waals surface area contributed by atoms with Gasteiger partial charge in [0.05, 0.1) is 18.3 Å². The Labute approximate surface area is 119 Å². The summed E-state index contributed by atoms with van der Waals surface area (Å²) in [5.74, 6) is -1.36. The number of amides is 1. The second kappa shape index (κ2) is 5.04. The molecule has 0 fully saturated rings. The van der Waals surface area contributed by atoms with Gasteiger partial charge in [-0.05, 0) is 20.8 Å². The smallest absolute Gasteiger partial charge is 0.305 e. The predicted molar refractivity (Wildman–Crippen MR) is 73.2 cm³/mol. The number of aliphatic carboxylic acids is 1. The number of H-pyrrole nitrogens is 1. The third-order valence-corrected chi connectivity index (χ3v) is 2.94. The van der Waals surface area contributed by atoms with E-state index in [1.54, 1.807) is 20.8 Å². The quantitative estimate of drug-likeness (QED) is 0.765. The molecule has 3 N–H and O–H groups in total. The van der Waals surface area contributed by atoms with Crippen LogP contribution in [0, 0.1) is 6.92 Å². The molecule has 0 bridgehead atoms. The molecule has 0 unspecified atom stereocenters. The van der Waals surface area contributed by atoms with Crippen LogP contribution in [0.3, 0.4) is 0 Å². The van der Waals surface area contributed by atoms with Gasteiger partial charge in [0.1, 0.15) is 11.1 Å². The number of aromatic amines is 1. The van der Waals surface area contributed by atoms with Crippen molar-refractivity contribution in [3.05, 3.63) is 28.0 Å². The van der Waals surface area contributed by atoms with Crippen molar-refractivity contribution in [2.24, 2.45) is 0 Å². The molecule has 0 aliphatic rings. The monoisotopic (exact) mass is 293 g/mol. The molecule has 0 radical (unpaired) electrons. The van der Waals surface area contributed by atoms with Gasteiger partial charge in [-0.3, -0.25) is 14.4 Å². The van der Waals surface area contributed by atoms with Gasteiger partial charge in [0.15, 0.2) is 0 Å². The summed E-state index contributed by atoms with van der Waals surface area (Å²) >= 11 is 0. The van der Waals surface area contributed by atoms with Crippen molar-refractivity contribution in [1.82, 2.24) is 15.3 Å². The van der Waals surface area contributed by atoms with Crippen LogP contribution in [0.5, 0.6) is 0 Å². The lowest BCUT2D eigenvalue weighted by Crippen LogP contribution is -2.45. The van der Waals surface area contributed by atoms with E-state index in [0.717, 1.165) is 0 Å². The number of hydrogen-bond acceptors (Lipinski definition) is 5. The van der Waals surface area contributed by atoms with Gasteiger partial charge >= 0.3 is 5.97 Å². The van der Waals surface area contributed by atoms with Crippen LogP contribution in [-0.2, 0) is 4.79 Å². The van der Waals surface area contributed by atoms with E-state index in [2.05, 4.69) is 15.3 Å². The Bertz CT molecular complexity index is 772. The molecular weight excluding hydrogens is 278 g/mol. The second-order valence-electron chi connectivity index (χ2n) is 5.35. The first-order valence-corrected chi connectivity index (χ1v) is 6.22. The third-order valence-electron chi connectivity index (χ3n) is 2.94. The lowest BCUT2D eigenvalue weighted by atomic mass is 10.00. The van der Waals surface area contributed by atoms with Gasteiger partial charge in [-0.2, -0.15) is 0 Å².